The second kappa shape index (κ2) is 12.8. The predicted octanol–water partition coefficient (Wildman–Crippen LogP) is 11.6. The predicted molar refractivity (Wildman–Crippen MR) is 199 cm³/mol. The minimum absolute atomic E-state index is 0.334. The molecule has 0 radical (unpaired) electrons. The highest BCUT2D eigenvalue weighted by Gasteiger charge is 2.31. The average molecular weight is 637 g/mol. The third-order valence-electron chi connectivity index (χ3n) is 10.3. The Kier molecular flexibility index (Phi) is 8.49. The lowest BCUT2D eigenvalue weighted by Crippen LogP contribution is -2.20. The van der Waals surface area contributed by atoms with Crippen LogP contribution in [0.15, 0.2) is 90.6 Å². The summed E-state index contributed by atoms with van der Waals surface area (Å²) in [6.07, 6.45) is 7.72. The van der Waals surface area contributed by atoms with E-state index in [4.69, 9.17) is 14.8 Å². The fourth-order valence-electron chi connectivity index (χ4n) is 8.20. The van der Waals surface area contributed by atoms with Crippen molar-refractivity contribution >= 4 is 21.8 Å². The van der Waals surface area contributed by atoms with Gasteiger partial charge in [-0.25, -0.2) is 9.67 Å². The van der Waals surface area contributed by atoms with E-state index in [1.807, 2.05) is 6.20 Å². The maximum atomic E-state index is 6.74. The Morgan fingerprint density at radius 2 is 1.67 bits per heavy atom. The molecule has 3 aromatic heterocycles. The van der Waals surface area contributed by atoms with Crippen molar-refractivity contribution in [1.82, 2.24) is 19.3 Å². The highest BCUT2D eigenvalue weighted by Crippen LogP contribution is 2.43. The molecule has 0 N–H and O–H groups in total. The molecule has 3 atom stereocenters. The van der Waals surface area contributed by atoms with Crippen molar-refractivity contribution in [3.63, 3.8) is 0 Å². The second-order valence-electron chi connectivity index (χ2n) is 14.4. The van der Waals surface area contributed by atoms with Crippen LogP contribution in [-0.4, -0.2) is 19.3 Å². The number of ether oxygens (including phenoxy) is 1. The first-order valence-electron chi connectivity index (χ1n) is 17.7. The molecule has 1 aliphatic carbocycles. The van der Waals surface area contributed by atoms with Crippen molar-refractivity contribution in [1.29, 1.82) is 0 Å². The Morgan fingerprint density at radius 3 is 2.44 bits per heavy atom. The highest BCUT2D eigenvalue weighted by molar-refractivity contribution is 6.09. The van der Waals surface area contributed by atoms with E-state index in [1.54, 1.807) is 0 Å². The summed E-state index contributed by atoms with van der Waals surface area (Å²) < 4.78 is 11.2. The molecule has 0 saturated heterocycles. The van der Waals surface area contributed by atoms with Crippen LogP contribution in [0, 0.1) is 25.7 Å². The van der Waals surface area contributed by atoms with Gasteiger partial charge >= 0.3 is 0 Å². The smallest absolute Gasteiger partial charge is 0.137 e. The van der Waals surface area contributed by atoms with E-state index in [0.717, 1.165) is 52.6 Å². The Bertz CT molecular complexity index is 2160. The summed E-state index contributed by atoms with van der Waals surface area (Å²) in [6.45, 7) is 18.1. The van der Waals surface area contributed by atoms with Gasteiger partial charge in [-0.1, -0.05) is 70.9 Å². The number of nitrogens with zero attached hydrogens (tertiary/aromatic N) is 4. The van der Waals surface area contributed by atoms with E-state index < -0.39 is 0 Å². The van der Waals surface area contributed by atoms with Gasteiger partial charge in [0.2, 0.25) is 0 Å². The fraction of sp³-hybridized carbons (Fsp3) is 0.349. The van der Waals surface area contributed by atoms with Crippen LogP contribution in [0.5, 0.6) is 11.5 Å². The second-order valence-corrected chi connectivity index (χ2v) is 14.4. The molecule has 3 heterocycles. The molecule has 5 nitrogen and oxygen atoms in total. The summed E-state index contributed by atoms with van der Waals surface area (Å²) in [5.74, 6) is 4.47. The van der Waals surface area contributed by atoms with Crippen LogP contribution >= 0.6 is 0 Å². The SMILES string of the molecule is CCCc1ccnc(-n2c3ccccc3c3ccc(Oc4cc(C(C)C)cc(-n5nc(C)c(C6C(C)=C[C@H](C)C[C@@H]6C)c5C)c4)cc32)c1. The van der Waals surface area contributed by atoms with Crippen molar-refractivity contribution in [2.45, 2.75) is 86.5 Å². The lowest BCUT2D eigenvalue weighted by atomic mass is 9.72. The Morgan fingerprint density at radius 1 is 0.875 bits per heavy atom. The molecule has 48 heavy (non-hydrogen) atoms. The summed E-state index contributed by atoms with van der Waals surface area (Å²) in [4.78, 5) is 4.83. The molecule has 6 aromatic rings. The summed E-state index contributed by atoms with van der Waals surface area (Å²) in [6, 6.07) is 25.9. The average Bonchev–Trinajstić information content (AvgIpc) is 3.53. The molecule has 1 aliphatic rings. The monoisotopic (exact) mass is 636 g/mol. The zero-order valence-corrected chi connectivity index (χ0v) is 29.7. The van der Waals surface area contributed by atoms with Gasteiger partial charge in [0.1, 0.15) is 17.3 Å². The number of aryl methyl sites for hydroxylation is 2. The quantitative estimate of drug-likeness (QED) is 0.156. The van der Waals surface area contributed by atoms with Crippen LogP contribution in [0.2, 0.25) is 0 Å². The number of pyridine rings is 1. The molecule has 7 rings (SSSR count). The van der Waals surface area contributed by atoms with Crippen LogP contribution in [0.4, 0.5) is 0 Å². The van der Waals surface area contributed by atoms with Crippen molar-refractivity contribution < 1.29 is 4.74 Å². The molecule has 3 aromatic carbocycles. The molecule has 0 spiro atoms. The normalized spacial score (nSPS) is 18.2. The first-order chi connectivity index (χ1) is 23.1. The standard InChI is InChI=1S/C43H48N4O/c1-9-12-32-17-18-44-41(21-32)46-39-14-11-10-13-37(39)38-16-15-35(25-40(38)46)48-36-23-33(26(2)3)22-34(24-36)47-31(8)43(30(7)45-47)42-28(5)19-27(4)20-29(42)6/h10-11,13-19,21-27,29,42H,9,12,20H2,1-8H3/t27-,29-,42?/m0/s1. The third-order valence-corrected chi connectivity index (χ3v) is 10.3. The van der Waals surface area contributed by atoms with Crippen LogP contribution in [-0.2, 0) is 6.42 Å². The van der Waals surface area contributed by atoms with Crippen LogP contribution in [0.3, 0.4) is 0 Å². The van der Waals surface area contributed by atoms with E-state index in [0.29, 0.717) is 23.7 Å². The highest BCUT2D eigenvalue weighted by atomic mass is 16.5. The zero-order valence-electron chi connectivity index (χ0n) is 29.7. The molecule has 246 valence electrons. The molecule has 0 fully saturated rings. The van der Waals surface area contributed by atoms with Crippen LogP contribution in [0.25, 0.3) is 33.3 Å². The Labute approximate surface area is 285 Å². The molecule has 0 bridgehead atoms. The summed E-state index contributed by atoms with van der Waals surface area (Å²) in [5, 5.41) is 7.54. The van der Waals surface area contributed by atoms with E-state index in [2.05, 4.69) is 144 Å². The molecule has 1 unspecified atom stereocenters. The number of hydrogen-bond acceptors (Lipinski definition) is 3. The number of rotatable bonds is 8. The van der Waals surface area contributed by atoms with Crippen molar-refractivity contribution in [3.8, 4) is 23.0 Å². The zero-order chi connectivity index (χ0) is 33.7. The van der Waals surface area contributed by atoms with Gasteiger partial charge in [-0.2, -0.15) is 5.10 Å². The van der Waals surface area contributed by atoms with Gasteiger partial charge in [0, 0.05) is 46.3 Å². The van der Waals surface area contributed by atoms with Gasteiger partial charge < -0.3 is 4.74 Å². The number of para-hydroxylation sites is 1. The number of hydrogen-bond donors (Lipinski definition) is 0. The van der Waals surface area contributed by atoms with E-state index >= 15 is 0 Å². The number of benzene rings is 3. The largest absolute Gasteiger partial charge is 0.457 e. The maximum Gasteiger partial charge on any atom is 0.137 e. The molecule has 0 amide bonds. The Balaban J connectivity index is 1.31. The maximum absolute atomic E-state index is 6.74. The van der Waals surface area contributed by atoms with Crippen molar-refractivity contribution in [2.75, 3.05) is 0 Å². The van der Waals surface area contributed by atoms with Crippen LogP contribution in [0.1, 0.15) is 94.3 Å². The minimum Gasteiger partial charge on any atom is -0.457 e. The van der Waals surface area contributed by atoms with Crippen molar-refractivity contribution in [2.24, 2.45) is 11.8 Å². The topological polar surface area (TPSA) is 44.9 Å². The summed E-state index contributed by atoms with van der Waals surface area (Å²) in [5.41, 5.74) is 10.9. The van der Waals surface area contributed by atoms with Gasteiger partial charge in [0.25, 0.3) is 0 Å². The summed E-state index contributed by atoms with van der Waals surface area (Å²) >= 11 is 0. The van der Waals surface area contributed by atoms with E-state index in [9.17, 15) is 0 Å². The third kappa shape index (κ3) is 5.74. The first-order valence-corrected chi connectivity index (χ1v) is 17.7. The van der Waals surface area contributed by atoms with E-state index in [-0.39, 0.29) is 0 Å². The fourth-order valence-corrected chi connectivity index (χ4v) is 8.20. The molecule has 5 heteroatoms. The van der Waals surface area contributed by atoms with E-state index in [1.165, 1.54) is 45.2 Å². The number of allylic oxidation sites excluding steroid dienone is 2. The lowest BCUT2D eigenvalue weighted by molar-refractivity contribution is 0.390. The van der Waals surface area contributed by atoms with Crippen LogP contribution < -0.4 is 4.74 Å². The minimum atomic E-state index is 0.334. The first kappa shape index (κ1) is 31.9. The van der Waals surface area contributed by atoms with Gasteiger partial charge in [0.15, 0.2) is 0 Å². The molecule has 0 saturated carbocycles. The number of aromatic nitrogens is 4. The van der Waals surface area contributed by atoms with Gasteiger partial charge in [-0.3, -0.25) is 4.57 Å². The molecular formula is C43H48N4O. The number of fused-ring (bicyclic) bond motifs is 3. The lowest BCUT2D eigenvalue weighted by Gasteiger charge is -2.32. The van der Waals surface area contributed by atoms with Gasteiger partial charge in [0.05, 0.1) is 22.4 Å². The van der Waals surface area contributed by atoms with Gasteiger partial charge in [-0.05, 0) is 105 Å². The summed E-state index contributed by atoms with van der Waals surface area (Å²) in [7, 11) is 0. The van der Waals surface area contributed by atoms with Crippen molar-refractivity contribution in [3.05, 3.63) is 119 Å². The Hall–Kier alpha value is -4.64. The molecular weight excluding hydrogens is 589 g/mol. The molecule has 0 aliphatic heterocycles. The van der Waals surface area contributed by atoms with Gasteiger partial charge in [-0.15, -0.1) is 0 Å².